The van der Waals surface area contributed by atoms with Crippen LogP contribution in [0, 0.1) is 19.8 Å². The molecule has 5 heteroatoms. The summed E-state index contributed by atoms with van der Waals surface area (Å²) in [5.41, 5.74) is 9.49. The molecule has 1 saturated heterocycles. The lowest BCUT2D eigenvalue weighted by Gasteiger charge is -2.28. The first-order chi connectivity index (χ1) is 9.82. The van der Waals surface area contributed by atoms with Gasteiger partial charge in [0.2, 0.25) is 5.91 Å². The lowest BCUT2D eigenvalue weighted by Crippen LogP contribution is -2.44. The maximum Gasteiger partial charge on any atom is 0.240 e. The Hall–Kier alpha value is -1.36. The zero-order valence-electron chi connectivity index (χ0n) is 13.9. The van der Waals surface area contributed by atoms with Crippen LogP contribution in [0.3, 0.4) is 0 Å². The van der Waals surface area contributed by atoms with Gasteiger partial charge in [0.25, 0.3) is 0 Å². The van der Waals surface area contributed by atoms with Crippen LogP contribution in [0.2, 0.25) is 0 Å². The average molecular weight is 292 g/mol. The smallest absolute Gasteiger partial charge is 0.240 e. The van der Waals surface area contributed by atoms with Crippen molar-refractivity contribution in [3.63, 3.8) is 0 Å². The predicted molar refractivity (Wildman–Crippen MR) is 83.8 cm³/mol. The van der Waals surface area contributed by atoms with Crippen LogP contribution < -0.4 is 5.73 Å². The van der Waals surface area contributed by atoms with Crippen molar-refractivity contribution in [2.24, 2.45) is 18.7 Å². The average Bonchev–Trinajstić information content (AvgIpc) is 2.94. The Morgan fingerprint density at radius 1 is 1.43 bits per heavy atom. The number of nitrogens with two attached hydrogens (primary N) is 1. The monoisotopic (exact) mass is 292 g/mol. The number of aryl methyl sites for hydroxylation is 2. The first kappa shape index (κ1) is 16.0. The Bertz CT molecular complexity index is 521. The van der Waals surface area contributed by atoms with E-state index in [1.807, 2.05) is 23.6 Å². The highest BCUT2D eigenvalue weighted by molar-refractivity contribution is 5.82. The van der Waals surface area contributed by atoms with Crippen LogP contribution in [0.25, 0.3) is 0 Å². The van der Waals surface area contributed by atoms with Crippen LogP contribution in [0.4, 0.5) is 0 Å². The Morgan fingerprint density at radius 2 is 2.10 bits per heavy atom. The van der Waals surface area contributed by atoms with E-state index in [2.05, 4.69) is 25.9 Å². The van der Waals surface area contributed by atoms with Crippen molar-refractivity contribution < 1.29 is 4.79 Å². The van der Waals surface area contributed by atoms with E-state index in [0.29, 0.717) is 5.92 Å². The van der Waals surface area contributed by atoms with Gasteiger partial charge in [-0.3, -0.25) is 9.48 Å². The largest absolute Gasteiger partial charge is 0.334 e. The SMILES string of the molecule is Cc1nn(C)c(C)c1C1CCCN1C(=O)[C@@H](N)CC(C)C. The Balaban J connectivity index is 2.22. The van der Waals surface area contributed by atoms with E-state index < -0.39 is 0 Å². The first-order valence-corrected chi connectivity index (χ1v) is 7.89. The third-order valence-corrected chi connectivity index (χ3v) is 4.48. The lowest BCUT2D eigenvalue weighted by molar-refractivity contribution is -0.133. The van der Waals surface area contributed by atoms with E-state index in [9.17, 15) is 4.79 Å². The summed E-state index contributed by atoms with van der Waals surface area (Å²) in [6.45, 7) is 9.11. The molecule has 1 unspecified atom stereocenters. The molecule has 1 amide bonds. The molecule has 21 heavy (non-hydrogen) atoms. The van der Waals surface area contributed by atoms with Gasteiger partial charge in [0.15, 0.2) is 0 Å². The summed E-state index contributed by atoms with van der Waals surface area (Å²) < 4.78 is 1.90. The normalized spacial score (nSPS) is 20.3. The minimum Gasteiger partial charge on any atom is -0.334 e. The molecule has 2 atom stereocenters. The molecule has 1 aliphatic rings. The maximum atomic E-state index is 12.7. The third-order valence-electron chi connectivity index (χ3n) is 4.48. The fourth-order valence-corrected chi connectivity index (χ4v) is 3.42. The molecule has 0 radical (unpaired) electrons. The van der Waals surface area contributed by atoms with Gasteiger partial charge < -0.3 is 10.6 Å². The van der Waals surface area contributed by atoms with Crippen molar-refractivity contribution in [3.05, 3.63) is 17.0 Å². The van der Waals surface area contributed by atoms with Crippen LogP contribution in [-0.4, -0.2) is 33.2 Å². The van der Waals surface area contributed by atoms with Crippen molar-refractivity contribution in [2.75, 3.05) is 6.54 Å². The van der Waals surface area contributed by atoms with Crippen molar-refractivity contribution in [1.82, 2.24) is 14.7 Å². The number of rotatable bonds is 4. The minimum absolute atomic E-state index is 0.0915. The van der Waals surface area contributed by atoms with Crippen molar-refractivity contribution in [3.8, 4) is 0 Å². The Kier molecular flexibility index (Phi) is 4.71. The highest BCUT2D eigenvalue weighted by Gasteiger charge is 2.35. The molecule has 5 nitrogen and oxygen atoms in total. The second kappa shape index (κ2) is 6.18. The molecule has 0 bridgehead atoms. The second-order valence-corrected chi connectivity index (χ2v) is 6.63. The third kappa shape index (κ3) is 3.12. The van der Waals surface area contributed by atoms with Crippen LogP contribution in [0.15, 0.2) is 0 Å². The first-order valence-electron chi connectivity index (χ1n) is 7.89. The fourth-order valence-electron chi connectivity index (χ4n) is 3.42. The summed E-state index contributed by atoms with van der Waals surface area (Å²) in [5.74, 6) is 0.528. The van der Waals surface area contributed by atoms with Gasteiger partial charge in [0, 0.05) is 24.8 Å². The highest BCUT2D eigenvalue weighted by atomic mass is 16.2. The number of hydrogen-bond donors (Lipinski definition) is 1. The molecule has 0 aliphatic carbocycles. The molecule has 0 spiro atoms. The molecule has 1 aromatic rings. The molecule has 0 saturated carbocycles. The number of carbonyl (C=O) groups excluding carboxylic acids is 1. The van der Waals surface area contributed by atoms with Gasteiger partial charge in [0.1, 0.15) is 0 Å². The van der Waals surface area contributed by atoms with E-state index in [0.717, 1.165) is 37.2 Å². The topological polar surface area (TPSA) is 64.2 Å². The van der Waals surface area contributed by atoms with Gasteiger partial charge in [0.05, 0.1) is 17.8 Å². The summed E-state index contributed by atoms with van der Waals surface area (Å²) in [5, 5.41) is 4.49. The van der Waals surface area contributed by atoms with Crippen LogP contribution in [0.1, 0.15) is 56.1 Å². The van der Waals surface area contributed by atoms with E-state index in [1.54, 1.807) is 0 Å². The highest BCUT2D eigenvalue weighted by Crippen LogP contribution is 2.35. The molecule has 2 rings (SSSR count). The zero-order chi connectivity index (χ0) is 15.7. The number of amides is 1. The van der Waals surface area contributed by atoms with Crippen molar-refractivity contribution in [2.45, 2.75) is 59.0 Å². The molecule has 1 aliphatic heterocycles. The Morgan fingerprint density at radius 3 is 2.62 bits per heavy atom. The van der Waals surface area contributed by atoms with Gasteiger partial charge in [-0.1, -0.05) is 13.8 Å². The quantitative estimate of drug-likeness (QED) is 0.924. The predicted octanol–water partition coefficient (Wildman–Crippen LogP) is 2.07. The second-order valence-electron chi connectivity index (χ2n) is 6.63. The summed E-state index contributed by atoms with van der Waals surface area (Å²) in [6.07, 6.45) is 2.79. The molecular formula is C16H28N4O. The van der Waals surface area contributed by atoms with Crippen LogP contribution in [-0.2, 0) is 11.8 Å². The fraction of sp³-hybridized carbons (Fsp3) is 0.750. The molecule has 2 N–H and O–H groups in total. The minimum atomic E-state index is -0.386. The van der Waals surface area contributed by atoms with Gasteiger partial charge in [-0.15, -0.1) is 0 Å². The number of likely N-dealkylation sites (tertiary alicyclic amines) is 1. The van der Waals surface area contributed by atoms with Crippen molar-refractivity contribution >= 4 is 5.91 Å². The number of nitrogens with zero attached hydrogens (tertiary/aromatic N) is 3. The van der Waals surface area contributed by atoms with E-state index in [4.69, 9.17) is 5.73 Å². The van der Waals surface area contributed by atoms with Crippen molar-refractivity contribution in [1.29, 1.82) is 0 Å². The van der Waals surface area contributed by atoms with Crippen LogP contribution in [0.5, 0.6) is 0 Å². The number of aromatic nitrogens is 2. The standard InChI is InChI=1S/C16H28N4O/c1-10(2)9-13(17)16(21)20-8-6-7-14(20)15-11(3)18-19(5)12(15)4/h10,13-14H,6-9,17H2,1-5H3/t13-,14?/m0/s1. The molecular weight excluding hydrogens is 264 g/mol. The lowest BCUT2D eigenvalue weighted by atomic mass is 10.00. The molecule has 1 fully saturated rings. The Labute approximate surface area is 127 Å². The van der Waals surface area contributed by atoms with Gasteiger partial charge in [-0.05, 0) is 39.0 Å². The van der Waals surface area contributed by atoms with Crippen LogP contribution >= 0.6 is 0 Å². The molecule has 0 aromatic carbocycles. The molecule has 2 heterocycles. The van der Waals surface area contributed by atoms with E-state index in [-0.39, 0.29) is 18.0 Å². The van der Waals surface area contributed by atoms with Gasteiger partial charge in [-0.2, -0.15) is 5.10 Å². The maximum absolute atomic E-state index is 12.7. The van der Waals surface area contributed by atoms with E-state index >= 15 is 0 Å². The van der Waals surface area contributed by atoms with Gasteiger partial charge >= 0.3 is 0 Å². The van der Waals surface area contributed by atoms with Gasteiger partial charge in [-0.25, -0.2) is 0 Å². The zero-order valence-corrected chi connectivity index (χ0v) is 13.9. The summed E-state index contributed by atoms with van der Waals surface area (Å²) in [7, 11) is 1.96. The summed E-state index contributed by atoms with van der Waals surface area (Å²) in [4.78, 5) is 14.6. The summed E-state index contributed by atoms with van der Waals surface area (Å²) >= 11 is 0. The molecule has 1 aromatic heterocycles. The summed E-state index contributed by atoms with van der Waals surface area (Å²) in [6, 6.07) is -0.243. The number of carbonyl (C=O) groups is 1. The molecule has 118 valence electrons. The van der Waals surface area contributed by atoms with E-state index in [1.165, 1.54) is 5.56 Å². The number of hydrogen-bond acceptors (Lipinski definition) is 3.